The first-order valence-corrected chi connectivity index (χ1v) is 10.3. The van der Waals surface area contributed by atoms with Gasteiger partial charge in [-0.25, -0.2) is 4.98 Å². The number of fused-ring (bicyclic) bond motifs is 1. The summed E-state index contributed by atoms with van der Waals surface area (Å²) in [6, 6.07) is 11.9. The molecule has 0 unspecified atom stereocenters. The van der Waals surface area contributed by atoms with Crippen molar-refractivity contribution >= 4 is 23.3 Å². The van der Waals surface area contributed by atoms with Crippen LogP contribution in [0.3, 0.4) is 0 Å². The lowest BCUT2D eigenvalue weighted by Crippen LogP contribution is -2.31. The van der Waals surface area contributed by atoms with Gasteiger partial charge in [0, 0.05) is 42.9 Å². The van der Waals surface area contributed by atoms with Crippen molar-refractivity contribution in [2.75, 3.05) is 13.2 Å². The molecule has 7 nitrogen and oxygen atoms in total. The van der Waals surface area contributed by atoms with E-state index < -0.39 is 6.04 Å². The zero-order chi connectivity index (χ0) is 21.8. The molecule has 2 heterocycles. The quantitative estimate of drug-likeness (QED) is 0.567. The number of rotatable bonds is 7. The van der Waals surface area contributed by atoms with Gasteiger partial charge >= 0.3 is 0 Å². The third kappa shape index (κ3) is 4.88. The normalized spacial score (nSPS) is 13.5. The van der Waals surface area contributed by atoms with Gasteiger partial charge in [-0.2, -0.15) is 0 Å². The van der Waals surface area contributed by atoms with Crippen LogP contribution < -0.4 is 14.8 Å². The number of benzene rings is 2. The van der Waals surface area contributed by atoms with E-state index in [-0.39, 0.29) is 24.5 Å². The third-order valence-electron chi connectivity index (χ3n) is 5.07. The highest BCUT2D eigenvalue weighted by Crippen LogP contribution is 2.31. The van der Waals surface area contributed by atoms with Crippen molar-refractivity contribution in [1.29, 1.82) is 0 Å². The summed E-state index contributed by atoms with van der Waals surface area (Å²) in [7, 11) is 1.86. The van der Waals surface area contributed by atoms with Crippen LogP contribution in [0.2, 0.25) is 5.02 Å². The van der Waals surface area contributed by atoms with Crippen molar-refractivity contribution in [1.82, 2.24) is 14.9 Å². The summed E-state index contributed by atoms with van der Waals surface area (Å²) in [4.78, 5) is 29.7. The fourth-order valence-electron chi connectivity index (χ4n) is 3.43. The highest BCUT2D eigenvalue weighted by Gasteiger charge is 2.22. The number of hydrogen-bond donors (Lipinski definition) is 1. The number of hydrogen-bond acceptors (Lipinski definition) is 5. The molecule has 0 radical (unpaired) electrons. The molecule has 3 aromatic rings. The van der Waals surface area contributed by atoms with Crippen molar-refractivity contribution in [3.8, 4) is 11.5 Å². The number of ether oxygens (including phenoxy) is 2. The molecule has 2 aromatic carbocycles. The minimum Gasteiger partial charge on any atom is -0.486 e. The molecule has 1 aliphatic heterocycles. The molecule has 1 aromatic heterocycles. The Hall–Kier alpha value is -3.32. The maximum Gasteiger partial charge on any atom is 0.221 e. The minimum atomic E-state index is -0.450. The van der Waals surface area contributed by atoms with Gasteiger partial charge in [0.05, 0.1) is 0 Å². The maximum atomic E-state index is 12.7. The molecule has 8 heteroatoms. The number of nitrogens with one attached hydrogen (secondary N) is 1. The van der Waals surface area contributed by atoms with E-state index in [1.54, 1.807) is 36.5 Å². The SMILES string of the molecule is Cn1ccnc1[C@H](NC(=O)CCC(=O)c1ccc2c(c1)OCCO2)c1ccc(Cl)cc1. The van der Waals surface area contributed by atoms with Gasteiger partial charge in [0.15, 0.2) is 17.3 Å². The lowest BCUT2D eigenvalue weighted by atomic mass is 10.0. The number of halogens is 1. The summed E-state index contributed by atoms with van der Waals surface area (Å²) in [5.41, 5.74) is 1.35. The van der Waals surface area contributed by atoms with Crippen molar-refractivity contribution in [2.24, 2.45) is 7.05 Å². The Morgan fingerprint density at radius 1 is 1.10 bits per heavy atom. The number of imidazole rings is 1. The number of amides is 1. The first kappa shape index (κ1) is 20.9. The molecule has 0 fully saturated rings. The molecular weight excluding hydrogens is 418 g/mol. The highest BCUT2D eigenvalue weighted by molar-refractivity contribution is 6.30. The number of nitrogens with zero attached hydrogens (tertiary/aromatic N) is 2. The predicted molar refractivity (Wildman–Crippen MR) is 116 cm³/mol. The molecule has 160 valence electrons. The van der Waals surface area contributed by atoms with E-state index in [9.17, 15) is 9.59 Å². The third-order valence-corrected chi connectivity index (χ3v) is 5.32. The number of aryl methyl sites for hydroxylation is 1. The van der Waals surface area contributed by atoms with Crippen LogP contribution in [0.4, 0.5) is 0 Å². The van der Waals surface area contributed by atoms with Crippen LogP contribution in [-0.4, -0.2) is 34.5 Å². The van der Waals surface area contributed by atoms with Crippen molar-refractivity contribution < 1.29 is 19.1 Å². The maximum absolute atomic E-state index is 12.7. The highest BCUT2D eigenvalue weighted by atomic mass is 35.5. The second kappa shape index (κ2) is 9.22. The Kier molecular flexibility index (Phi) is 6.23. The molecule has 0 saturated carbocycles. The number of ketones is 1. The van der Waals surface area contributed by atoms with Crippen LogP contribution in [0.25, 0.3) is 0 Å². The molecule has 31 heavy (non-hydrogen) atoms. The van der Waals surface area contributed by atoms with Gasteiger partial charge in [-0.3, -0.25) is 9.59 Å². The van der Waals surface area contributed by atoms with E-state index in [2.05, 4.69) is 10.3 Å². The van der Waals surface area contributed by atoms with Crippen LogP contribution in [0.15, 0.2) is 54.9 Å². The van der Waals surface area contributed by atoms with E-state index >= 15 is 0 Å². The largest absolute Gasteiger partial charge is 0.486 e. The molecule has 1 aliphatic rings. The van der Waals surface area contributed by atoms with Crippen LogP contribution in [0.5, 0.6) is 11.5 Å². The van der Waals surface area contributed by atoms with E-state index in [1.807, 2.05) is 29.9 Å². The van der Waals surface area contributed by atoms with Crippen LogP contribution in [0.1, 0.15) is 40.6 Å². The number of carbonyl (C=O) groups is 2. The van der Waals surface area contributed by atoms with Crippen molar-refractivity contribution in [2.45, 2.75) is 18.9 Å². The fourth-order valence-corrected chi connectivity index (χ4v) is 3.55. The van der Waals surface area contributed by atoms with Gasteiger partial charge in [0.1, 0.15) is 25.1 Å². The zero-order valence-corrected chi connectivity index (χ0v) is 17.8. The average Bonchev–Trinajstić information content (AvgIpc) is 3.21. The van der Waals surface area contributed by atoms with Gasteiger partial charge in [0.2, 0.25) is 5.91 Å². The van der Waals surface area contributed by atoms with E-state index in [4.69, 9.17) is 21.1 Å². The number of aromatic nitrogens is 2. The van der Waals surface area contributed by atoms with Crippen LogP contribution in [0, 0.1) is 0 Å². The van der Waals surface area contributed by atoms with E-state index in [0.717, 1.165) is 5.56 Å². The molecule has 4 rings (SSSR count). The Labute approximate surface area is 185 Å². The monoisotopic (exact) mass is 439 g/mol. The zero-order valence-electron chi connectivity index (χ0n) is 17.0. The summed E-state index contributed by atoms with van der Waals surface area (Å²) >= 11 is 6.00. The summed E-state index contributed by atoms with van der Waals surface area (Å²) < 4.78 is 12.9. The molecule has 0 aliphatic carbocycles. The van der Waals surface area contributed by atoms with Crippen molar-refractivity contribution in [3.05, 3.63) is 76.8 Å². The Balaban J connectivity index is 1.43. The van der Waals surface area contributed by atoms with Crippen LogP contribution >= 0.6 is 11.6 Å². The lowest BCUT2D eigenvalue weighted by Gasteiger charge is -2.19. The summed E-state index contributed by atoms with van der Waals surface area (Å²) in [6.07, 6.45) is 3.63. The molecule has 1 amide bonds. The summed E-state index contributed by atoms with van der Waals surface area (Å²) in [5, 5.41) is 3.60. The van der Waals surface area contributed by atoms with Crippen molar-refractivity contribution in [3.63, 3.8) is 0 Å². The molecule has 1 atom stereocenters. The molecular formula is C23H22ClN3O4. The number of Topliss-reactive ketones (excluding diaryl/α,β-unsaturated/α-hetero) is 1. The second-order valence-corrected chi connectivity index (χ2v) is 7.67. The van der Waals surface area contributed by atoms with Crippen LogP contribution in [-0.2, 0) is 11.8 Å². The molecule has 0 spiro atoms. The number of carbonyl (C=O) groups excluding carboxylic acids is 2. The van der Waals surface area contributed by atoms with Gasteiger partial charge in [-0.15, -0.1) is 0 Å². The smallest absolute Gasteiger partial charge is 0.221 e. The first-order chi connectivity index (χ1) is 15.0. The van der Waals surface area contributed by atoms with Gasteiger partial charge in [-0.05, 0) is 35.9 Å². The molecule has 0 saturated heterocycles. The first-order valence-electron chi connectivity index (χ1n) is 9.96. The Bertz CT molecular complexity index is 1090. The van der Waals surface area contributed by atoms with Gasteiger partial charge in [0.25, 0.3) is 0 Å². The van der Waals surface area contributed by atoms with Gasteiger partial charge in [-0.1, -0.05) is 23.7 Å². The molecule has 1 N–H and O–H groups in total. The molecule has 0 bridgehead atoms. The van der Waals surface area contributed by atoms with Gasteiger partial charge < -0.3 is 19.4 Å². The average molecular weight is 440 g/mol. The lowest BCUT2D eigenvalue weighted by molar-refractivity contribution is -0.121. The standard InChI is InChI=1S/C23H22ClN3O4/c1-27-11-10-25-23(27)22(15-2-5-17(24)6-3-15)26-21(29)9-7-18(28)16-4-8-19-20(14-16)31-13-12-30-19/h2-6,8,10-11,14,22H,7,9,12-13H2,1H3,(H,26,29)/t22-/m1/s1. The van der Waals surface area contributed by atoms with E-state index in [0.29, 0.717) is 41.1 Å². The van der Waals surface area contributed by atoms with E-state index in [1.165, 1.54) is 0 Å². The Morgan fingerprint density at radius 3 is 2.55 bits per heavy atom. The predicted octanol–water partition coefficient (Wildman–Crippen LogP) is 3.71. The summed E-state index contributed by atoms with van der Waals surface area (Å²) in [5.74, 6) is 1.50. The summed E-state index contributed by atoms with van der Waals surface area (Å²) in [6.45, 7) is 0.942. The topological polar surface area (TPSA) is 82.5 Å². The fraction of sp³-hybridized carbons (Fsp3) is 0.261. The second-order valence-electron chi connectivity index (χ2n) is 7.23. The minimum absolute atomic E-state index is 0.0573. The Morgan fingerprint density at radius 2 is 1.84 bits per heavy atom.